The Bertz CT molecular complexity index is 611. The molecule has 0 fully saturated rings. The second-order valence-corrected chi connectivity index (χ2v) is 6.06. The molecule has 0 aliphatic heterocycles. The summed E-state index contributed by atoms with van der Waals surface area (Å²) in [5.74, 6) is -5.30. The predicted molar refractivity (Wildman–Crippen MR) is 79.4 cm³/mol. The summed E-state index contributed by atoms with van der Waals surface area (Å²) in [4.78, 5) is 0. The van der Waals surface area contributed by atoms with Crippen molar-refractivity contribution >= 4 is 0 Å². The van der Waals surface area contributed by atoms with Crippen LogP contribution in [0.4, 0.5) is 22.0 Å². The van der Waals surface area contributed by atoms with E-state index in [1.165, 1.54) is 7.11 Å². The maximum atomic E-state index is 13.8. The quantitative estimate of drug-likeness (QED) is 0.620. The minimum absolute atomic E-state index is 0.304. The predicted octanol–water partition coefficient (Wildman–Crippen LogP) is 4.62. The number of alkyl halides is 5. The topological polar surface area (TPSA) is 29.5 Å². The number of hydrogen-bond donors (Lipinski definition) is 1. The molecule has 0 heterocycles. The second-order valence-electron chi connectivity index (χ2n) is 6.06. The largest absolute Gasteiger partial charge is 0.497 e. The maximum absolute atomic E-state index is 13.8. The highest BCUT2D eigenvalue weighted by molar-refractivity contribution is 5.39. The lowest BCUT2D eigenvalue weighted by Gasteiger charge is -2.38. The van der Waals surface area contributed by atoms with Gasteiger partial charge in [-0.1, -0.05) is 12.1 Å². The van der Waals surface area contributed by atoms with Gasteiger partial charge < -0.3 is 9.84 Å². The Balaban J connectivity index is 2.35. The minimum atomic E-state index is -5.85. The fourth-order valence-electron chi connectivity index (χ4n) is 3.19. The van der Waals surface area contributed by atoms with E-state index >= 15 is 0 Å². The highest BCUT2D eigenvalue weighted by Crippen LogP contribution is 2.49. The summed E-state index contributed by atoms with van der Waals surface area (Å²) in [6.45, 7) is 3.01. The summed E-state index contributed by atoms with van der Waals surface area (Å²) in [5.41, 5.74) is -1.85. The molecule has 2 nitrogen and oxygen atoms in total. The number of rotatable bonds is 5. The number of fused-ring (bicyclic) bond motifs is 1. The minimum Gasteiger partial charge on any atom is -0.497 e. The average Bonchev–Trinajstić information content (AvgIpc) is 2.53. The molecule has 0 radical (unpaired) electrons. The zero-order valence-electron chi connectivity index (χ0n) is 13.2. The molecule has 0 saturated carbocycles. The van der Waals surface area contributed by atoms with E-state index in [0.717, 1.165) is 5.56 Å². The third-order valence-electron chi connectivity index (χ3n) is 4.58. The highest BCUT2D eigenvalue weighted by atomic mass is 19.4. The molecule has 24 heavy (non-hydrogen) atoms. The molecule has 1 aliphatic carbocycles. The number of benzene rings is 1. The summed E-state index contributed by atoms with van der Waals surface area (Å²) in [7, 11) is 1.49. The molecular formula is C17H19F5O2. The van der Waals surface area contributed by atoms with E-state index in [1.54, 1.807) is 18.2 Å². The van der Waals surface area contributed by atoms with E-state index in [2.05, 4.69) is 6.58 Å². The molecule has 0 saturated heterocycles. The molecule has 1 aromatic rings. The second kappa shape index (κ2) is 6.35. The van der Waals surface area contributed by atoms with Gasteiger partial charge in [0, 0.05) is 0 Å². The monoisotopic (exact) mass is 350 g/mol. The van der Waals surface area contributed by atoms with Gasteiger partial charge in [-0.15, -0.1) is 6.58 Å². The molecule has 0 bridgehead atoms. The Labute approximate surface area is 136 Å². The van der Waals surface area contributed by atoms with Crippen molar-refractivity contribution in [3.05, 3.63) is 42.0 Å². The average molecular weight is 350 g/mol. The Morgan fingerprint density at radius 1 is 1.29 bits per heavy atom. The van der Waals surface area contributed by atoms with Crippen LogP contribution in [0.25, 0.3) is 0 Å². The normalized spacial score (nSPS) is 20.9. The number of halogens is 5. The Morgan fingerprint density at radius 3 is 2.50 bits per heavy atom. The van der Waals surface area contributed by atoms with Crippen molar-refractivity contribution in [3.63, 3.8) is 0 Å². The fraction of sp³-hybridized carbons (Fsp3) is 0.529. The van der Waals surface area contributed by atoms with Crippen LogP contribution in [0, 0.1) is 0 Å². The van der Waals surface area contributed by atoms with E-state index in [-0.39, 0.29) is 0 Å². The van der Waals surface area contributed by atoms with Gasteiger partial charge in [0.25, 0.3) is 0 Å². The van der Waals surface area contributed by atoms with E-state index in [1.807, 2.05) is 0 Å². The van der Waals surface area contributed by atoms with Crippen LogP contribution in [0.2, 0.25) is 0 Å². The molecule has 1 N–H and O–H groups in total. The van der Waals surface area contributed by atoms with Crippen molar-refractivity contribution in [2.24, 2.45) is 0 Å². The molecule has 134 valence electrons. The molecule has 1 aliphatic rings. The van der Waals surface area contributed by atoms with Crippen molar-refractivity contribution in [2.75, 3.05) is 7.11 Å². The third-order valence-corrected chi connectivity index (χ3v) is 4.58. The standard InChI is InChI=1S/C17H19F5O2/c1-3-15(23,16(18,19)17(20,21)22)10-12-6-4-5-11-9-13(24-2)7-8-14(11)12/h3,7-9,12,23H,1,4-6,10H2,2H3. The molecular weight excluding hydrogens is 331 g/mol. The van der Waals surface area contributed by atoms with Gasteiger partial charge >= 0.3 is 12.1 Å². The fourth-order valence-corrected chi connectivity index (χ4v) is 3.19. The van der Waals surface area contributed by atoms with E-state index in [9.17, 15) is 27.1 Å². The zero-order chi connectivity index (χ0) is 18.2. The van der Waals surface area contributed by atoms with Gasteiger partial charge in [-0.05, 0) is 54.9 Å². The Morgan fingerprint density at radius 2 is 1.96 bits per heavy atom. The molecule has 2 unspecified atom stereocenters. The summed E-state index contributed by atoms with van der Waals surface area (Å²) >= 11 is 0. The van der Waals surface area contributed by atoms with Gasteiger partial charge in [-0.25, -0.2) is 0 Å². The number of aliphatic hydroxyl groups is 1. The van der Waals surface area contributed by atoms with Gasteiger partial charge in [0.15, 0.2) is 5.60 Å². The smallest absolute Gasteiger partial charge is 0.456 e. The van der Waals surface area contributed by atoms with Gasteiger partial charge in [-0.2, -0.15) is 22.0 Å². The first-order valence-corrected chi connectivity index (χ1v) is 7.53. The van der Waals surface area contributed by atoms with Crippen LogP contribution < -0.4 is 4.74 Å². The van der Waals surface area contributed by atoms with Gasteiger partial charge in [-0.3, -0.25) is 0 Å². The molecule has 2 rings (SSSR count). The van der Waals surface area contributed by atoms with Crippen molar-refractivity contribution in [3.8, 4) is 5.75 Å². The van der Waals surface area contributed by atoms with Crippen molar-refractivity contribution in [2.45, 2.75) is 49.3 Å². The Kier molecular flexibility index (Phi) is 4.95. The van der Waals surface area contributed by atoms with E-state index in [0.29, 0.717) is 36.7 Å². The van der Waals surface area contributed by atoms with Crippen LogP contribution >= 0.6 is 0 Å². The van der Waals surface area contributed by atoms with Gasteiger partial charge in [0.1, 0.15) is 5.75 Å². The third kappa shape index (κ3) is 3.14. The molecule has 2 atom stereocenters. The molecule has 0 aromatic heterocycles. The van der Waals surface area contributed by atoms with Crippen LogP contribution in [0.3, 0.4) is 0 Å². The van der Waals surface area contributed by atoms with Gasteiger partial charge in [0.2, 0.25) is 0 Å². The first-order valence-electron chi connectivity index (χ1n) is 7.53. The number of ether oxygens (including phenoxy) is 1. The lowest BCUT2D eigenvalue weighted by molar-refractivity contribution is -0.332. The van der Waals surface area contributed by atoms with Crippen molar-refractivity contribution < 1.29 is 31.8 Å². The summed E-state index contributed by atoms with van der Waals surface area (Å²) < 4.78 is 70.7. The number of methoxy groups -OCH3 is 1. The van der Waals surface area contributed by atoms with Gasteiger partial charge in [0.05, 0.1) is 7.11 Å². The van der Waals surface area contributed by atoms with Crippen LogP contribution in [0.5, 0.6) is 5.75 Å². The van der Waals surface area contributed by atoms with Crippen LogP contribution in [0.1, 0.15) is 36.3 Å². The number of hydrogen-bond acceptors (Lipinski definition) is 2. The number of aryl methyl sites for hydroxylation is 1. The lowest BCUT2D eigenvalue weighted by atomic mass is 9.75. The zero-order valence-corrected chi connectivity index (χ0v) is 13.2. The lowest BCUT2D eigenvalue weighted by Crippen LogP contribution is -2.56. The van der Waals surface area contributed by atoms with Crippen LogP contribution in [0.15, 0.2) is 30.9 Å². The maximum Gasteiger partial charge on any atom is 0.456 e. The molecule has 0 amide bonds. The molecule has 0 spiro atoms. The van der Waals surface area contributed by atoms with Crippen molar-refractivity contribution in [1.29, 1.82) is 0 Å². The van der Waals surface area contributed by atoms with Crippen molar-refractivity contribution in [1.82, 2.24) is 0 Å². The molecule has 1 aromatic carbocycles. The first kappa shape index (κ1) is 18.7. The summed E-state index contributed by atoms with van der Waals surface area (Å²) in [5, 5.41) is 10.0. The van der Waals surface area contributed by atoms with E-state index in [4.69, 9.17) is 4.74 Å². The Hall–Kier alpha value is -1.63. The van der Waals surface area contributed by atoms with Crippen LogP contribution in [-0.2, 0) is 6.42 Å². The molecule has 7 heteroatoms. The summed E-state index contributed by atoms with van der Waals surface area (Å²) in [6, 6.07) is 5.04. The first-order chi connectivity index (χ1) is 11.1. The SMILES string of the molecule is C=CC(O)(CC1CCCc2cc(OC)ccc21)C(F)(F)C(F)(F)F. The van der Waals surface area contributed by atoms with E-state index < -0.39 is 30.0 Å². The highest BCUT2D eigenvalue weighted by Gasteiger charge is 2.69. The van der Waals surface area contributed by atoms with Crippen LogP contribution in [-0.4, -0.2) is 29.9 Å². The summed E-state index contributed by atoms with van der Waals surface area (Å²) in [6.07, 6.45) is -4.56.